The number of benzene rings is 1. The van der Waals surface area contributed by atoms with Crippen molar-refractivity contribution in [3.05, 3.63) is 34.9 Å². The van der Waals surface area contributed by atoms with Crippen LogP contribution in [-0.4, -0.2) is 12.0 Å². The fourth-order valence-corrected chi connectivity index (χ4v) is 1.70. The molecule has 0 aromatic heterocycles. The monoisotopic (exact) mass is 188 g/mol. The lowest BCUT2D eigenvalue weighted by molar-refractivity contribution is 0.0856. The van der Waals surface area contributed by atoms with Crippen molar-refractivity contribution in [2.24, 2.45) is 0 Å². The highest BCUT2D eigenvalue weighted by Crippen LogP contribution is 2.24. The molecule has 0 fully saturated rings. The van der Waals surface area contributed by atoms with Gasteiger partial charge >= 0.3 is 0 Å². The third kappa shape index (κ3) is 1.31. The molecule has 0 spiro atoms. The van der Waals surface area contributed by atoms with Gasteiger partial charge in [0.2, 0.25) is 0 Å². The SMILES string of the molecule is C#Cc1ccc2c(c1)C(=O)[C@H](F)CC2. The molecule has 70 valence electrons. The zero-order valence-corrected chi connectivity index (χ0v) is 7.59. The molecule has 0 unspecified atom stereocenters. The van der Waals surface area contributed by atoms with Crippen molar-refractivity contribution in [2.75, 3.05) is 0 Å². The van der Waals surface area contributed by atoms with Gasteiger partial charge in [0, 0.05) is 11.1 Å². The summed E-state index contributed by atoms with van der Waals surface area (Å²) in [5.41, 5.74) is 1.99. The second-order valence-electron chi connectivity index (χ2n) is 3.39. The standard InChI is InChI=1S/C12H9FO/c1-2-8-3-4-9-5-6-11(13)12(14)10(9)7-8/h1,3-4,7,11H,5-6H2/t11-/m1/s1. The van der Waals surface area contributed by atoms with Crippen molar-refractivity contribution >= 4 is 5.78 Å². The van der Waals surface area contributed by atoms with Gasteiger partial charge in [-0.1, -0.05) is 12.0 Å². The number of aryl methyl sites for hydroxylation is 1. The highest BCUT2D eigenvalue weighted by Gasteiger charge is 2.26. The molecule has 1 atom stereocenters. The number of fused-ring (bicyclic) bond motifs is 1. The van der Waals surface area contributed by atoms with Crippen LogP contribution in [0.2, 0.25) is 0 Å². The van der Waals surface area contributed by atoms with E-state index in [1.54, 1.807) is 12.1 Å². The Morgan fingerprint density at radius 1 is 1.50 bits per heavy atom. The number of carbonyl (C=O) groups excluding carboxylic acids is 1. The van der Waals surface area contributed by atoms with Gasteiger partial charge in [0.25, 0.3) is 0 Å². The summed E-state index contributed by atoms with van der Waals surface area (Å²) in [6.45, 7) is 0. The second-order valence-corrected chi connectivity index (χ2v) is 3.39. The molecule has 0 N–H and O–H groups in total. The highest BCUT2D eigenvalue weighted by atomic mass is 19.1. The molecule has 2 heteroatoms. The second kappa shape index (κ2) is 3.26. The minimum Gasteiger partial charge on any atom is -0.291 e. The van der Waals surface area contributed by atoms with E-state index in [0.717, 1.165) is 5.56 Å². The lowest BCUT2D eigenvalue weighted by Crippen LogP contribution is -2.23. The quantitative estimate of drug-likeness (QED) is 0.570. The number of terminal acetylenes is 1. The Morgan fingerprint density at radius 2 is 2.29 bits per heavy atom. The molecule has 0 radical (unpaired) electrons. The molecule has 1 aliphatic carbocycles. The van der Waals surface area contributed by atoms with E-state index < -0.39 is 12.0 Å². The number of halogens is 1. The zero-order chi connectivity index (χ0) is 10.1. The molecule has 0 saturated carbocycles. The molecular formula is C12H9FO. The first-order valence-electron chi connectivity index (χ1n) is 4.50. The minimum absolute atomic E-state index is 0.293. The molecule has 1 aromatic rings. The molecule has 0 saturated heterocycles. The summed E-state index contributed by atoms with van der Waals surface area (Å²) in [5, 5.41) is 0. The fourth-order valence-electron chi connectivity index (χ4n) is 1.70. The van der Waals surface area contributed by atoms with E-state index >= 15 is 0 Å². The van der Waals surface area contributed by atoms with Crippen molar-refractivity contribution < 1.29 is 9.18 Å². The average Bonchev–Trinajstić information content (AvgIpc) is 2.23. The van der Waals surface area contributed by atoms with Crippen molar-refractivity contribution in [3.8, 4) is 12.3 Å². The van der Waals surface area contributed by atoms with Crippen molar-refractivity contribution in [1.82, 2.24) is 0 Å². The van der Waals surface area contributed by atoms with E-state index in [-0.39, 0.29) is 0 Å². The van der Waals surface area contributed by atoms with Gasteiger partial charge in [-0.05, 0) is 30.5 Å². The third-order valence-electron chi connectivity index (χ3n) is 2.49. The van der Waals surface area contributed by atoms with Crippen LogP contribution in [0, 0.1) is 12.3 Å². The Morgan fingerprint density at radius 3 is 3.00 bits per heavy atom. The summed E-state index contributed by atoms with van der Waals surface area (Å²) in [7, 11) is 0. The van der Waals surface area contributed by atoms with Crippen LogP contribution in [-0.2, 0) is 6.42 Å². The summed E-state index contributed by atoms with van der Waals surface area (Å²) in [4.78, 5) is 11.4. The first kappa shape index (κ1) is 8.96. The molecule has 14 heavy (non-hydrogen) atoms. The molecule has 1 nitrogen and oxygen atoms in total. The topological polar surface area (TPSA) is 17.1 Å². The molecule has 0 amide bonds. The van der Waals surface area contributed by atoms with Crippen molar-refractivity contribution in [1.29, 1.82) is 0 Å². The van der Waals surface area contributed by atoms with E-state index in [1.807, 2.05) is 6.07 Å². The van der Waals surface area contributed by atoms with Crippen LogP contribution in [0.15, 0.2) is 18.2 Å². The number of alkyl halides is 1. The van der Waals surface area contributed by atoms with Crippen LogP contribution in [0.5, 0.6) is 0 Å². The number of carbonyl (C=O) groups is 1. The summed E-state index contributed by atoms with van der Waals surface area (Å²) < 4.78 is 13.1. The third-order valence-corrected chi connectivity index (χ3v) is 2.49. The van der Waals surface area contributed by atoms with Crippen LogP contribution >= 0.6 is 0 Å². The van der Waals surface area contributed by atoms with Crippen LogP contribution in [0.4, 0.5) is 4.39 Å². The van der Waals surface area contributed by atoms with E-state index in [2.05, 4.69) is 5.92 Å². The van der Waals surface area contributed by atoms with Crippen LogP contribution < -0.4 is 0 Å². The molecular weight excluding hydrogens is 179 g/mol. The highest BCUT2D eigenvalue weighted by molar-refractivity contribution is 6.01. The van der Waals surface area contributed by atoms with Gasteiger partial charge in [0.1, 0.15) is 0 Å². The number of Topliss-reactive ketones (excluding diaryl/α,β-unsaturated/α-hetero) is 1. The number of ketones is 1. The van der Waals surface area contributed by atoms with Gasteiger partial charge in [-0.15, -0.1) is 6.42 Å². The molecule has 0 bridgehead atoms. The Hall–Kier alpha value is -1.62. The fraction of sp³-hybridized carbons (Fsp3) is 0.250. The molecule has 1 aromatic carbocycles. The average molecular weight is 188 g/mol. The lowest BCUT2D eigenvalue weighted by atomic mass is 9.88. The lowest BCUT2D eigenvalue weighted by Gasteiger charge is -2.17. The normalized spacial score (nSPS) is 20.0. The minimum atomic E-state index is -1.35. The van der Waals surface area contributed by atoms with Gasteiger partial charge < -0.3 is 0 Å². The molecule has 0 aliphatic heterocycles. The predicted octanol–water partition coefficient (Wildman–Crippen LogP) is 2.13. The summed E-state index contributed by atoms with van der Waals surface area (Å²) in [6, 6.07) is 5.20. The van der Waals surface area contributed by atoms with Crippen LogP contribution in [0.3, 0.4) is 0 Å². The summed E-state index contributed by atoms with van der Waals surface area (Å²) >= 11 is 0. The van der Waals surface area contributed by atoms with E-state index in [0.29, 0.717) is 24.0 Å². The van der Waals surface area contributed by atoms with Gasteiger partial charge in [-0.3, -0.25) is 4.79 Å². The van der Waals surface area contributed by atoms with Crippen molar-refractivity contribution in [3.63, 3.8) is 0 Å². The Labute approximate surface area is 81.9 Å². The van der Waals surface area contributed by atoms with Crippen LogP contribution in [0.25, 0.3) is 0 Å². The van der Waals surface area contributed by atoms with E-state index in [9.17, 15) is 9.18 Å². The van der Waals surface area contributed by atoms with Crippen molar-refractivity contribution in [2.45, 2.75) is 19.0 Å². The number of hydrogen-bond acceptors (Lipinski definition) is 1. The van der Waals surface area contributed by atoms with Crippen LogP contribution in [0.1, 0.15) is 27.9 Å². The van der Waals surface area contributed by atoms with E-state index in [1.165, 1.54) is 0 Å². The Balaban J connectivity index is 2.53. The Kier molecular flexibility index (Phi) is 2.09. The van der Waals surface area contributed by atoms with Gasteiger partial charge in [0.15, 0.2) is 12.0 Å². The van der Waals surface area contributed by atoms with E-state index in [4.69, 9.17) is 6.42 Å². The maximum Gasteiger partial charge on any atom is 0.197 e. The molecule has 2 rings (SSSR count). The number of rotatable bonds is 0. The molecule has 1 aliphatic rings. The van der Waals surface area contributed by atoms with Gasteiger partial charge in [-0.2, -0.15) is 0 Å². The summed E-state index contributed by atoms with van der Waals surface area (Å²) in [6.07, 6.45) is 4.77. The van der Waals surface area contributed by atoms with Gasteiger partial charge in [0.05, 0.1) is 0 Å². The number of hydrogen-bond donors (Lipinski definition) is 0. The molecule has 0 heterocycles. The smallest absolute Gasteiger partial charge is 0.197 e. The summed E-state index contributed by atoms with van der Waals surface area (Å²) in [5.74, 6) is 2.01. The largest absolute Gasteiger partial charge is 0.291 e. The zero-order valence-electron chi connectivity index (χ0n) is 7.59. The predicted molar refractivity (Wildman–Crippen MR) is 51.9 cm³/mol. The first-order chi connectivity index (χ1) is 6.72. The van der Waals surface area contributed by atoms with Gasteiger partial charge in [-0.25, -0.2) is 4.39 Å². The maximum atomic E-state index is 13.1. The Bertz CT molecular complexity index is 428. The maximum absolute atomic E-state index is 13.1. The first-order valence-corrected chi connectivity index (χ1v) is 4.50.